The van der Waals surface area contributed by atoms with E-state index < -0.39 is 6.04 Å². The van der Waals surface area contributed by atoms with E-state index >= 15 is 0 Å². The highest BCUT2D eigenvalue weighted by Gasteiger charge is 2.14. The average Bonchev–Trinajstić information content (AvgIpc) is 3.01. The molecule has 0 spiro atoms. The van der Waals surface area contributed by atoms with Gasteiger partial charge in [0.2, 0.25) is 11.8 Å². The maximum atomic E-state index is 11.9. The summed E-state index contributed by atoms with van der Waals surface area (Å²) >= 11 is 0. The summed E-state index contributed by atoms with van der Waals surface area (Å²) in [4.78, 5) is 23.6. The molecule has 0 bridgehead atoms. The minimum Gasteiger partial charge on any atom is -0.354 e. The number of anilines is 1. The van der Waals surface area contributed by atoms with Gasteiger partial charge in [0.25, 0.3) is 0 Å². The molecule has 6 heteroatoms. The summed E-state index contributed by atoms with van der Waals surface area (Å²) in [6.45, 7) is 2.05. The van der Waals surface area contributed by atoms with E-state index in [1.54, 1.807) is 30.1 Å². The summed E-state index contributed by atoms with van der Waals surface area (Å²) in [6, 6.07) is 10.6. The topological polar surface area (TPSA) is 76.0 Å². The molecule has 0 radical (unpaired) electrons. The molecule has 2 aromatic rings. The van der Waals surface area contributed by atoms with Crippen LogP contribution in [-0.2, 0) is 9.59 Å². The van der Waals surface area contributed by atoms with E-state index in [9.17, 15) is 9.59 Å². The number of para-hydroxylation sites is 1. The highest BCUT2D eigenvalue weighted by molar-refractivity contribution is 5.91. The van der Waals surface area contributed by atoms with Gasteiger partial charge >= 0.3 is 0 Å². The molecule has 0 fully saturated rings. The third kappa shape index (κ3) is 4.45. The number of carbonyl (C=O) groups excluding carboxylic acids is 2. The Kier molecular flexibility index (Phi) is 5.09. The minimum atomic E-state index is -0.391. The lowest BCUT2D eigenvalue weighted by molar-refractivity contribution is -0.124. The molecule has 1 aromatic heterocycles. The second kappa shape index (κ2) is 7.23. The molecule has 2 amide bonds. The molecule has 0 saturated carbocycles. The summed E-state index contributed by atoms with van der Waals surface area (Å²) in [5, 5.41) is 9.50. The molecule has 2 rings (SSSR count). The zero-order chi connectivity index (χ0) is 15.1. The van der Waals surface area contributed by atoms with Gasteiger partial charge < -0.3 is 10.6 Å². The van der Waals surface area contributed by atoms with Crippen molar-refractivity contribution in [1.29, 1.82) is 0 Å². The zero-order valence-electron chi connectivity index (χ0n) is 11.8. The van der Waals surface area contributed by atoms with E-state index in [0.29, 0.717) is 6.54 Å². The number of hydrogen-bond donors (Lipinski definition) is 2. The molecule has 6 nitrogen and oxygen atoms in total. The van der Waals surface area contributed by atoms with E-state index in [0.717, 1.165) is 5.69 Å². The first-order valence-electron chi connectivity index (χ1n) is 6.78. The van der Waals surface area contributed by atoms with Crippen molar-refractivity contribution in [3.63, 3.8) is 0 Å². The van der Waals surface area contributed by atoms with Crippen LogP contribution >= 0.6 is 0 Å². The fourth-order valence-corrected chi connectivity index (χ4v) is 1.82. The van der Waals surface area contributed by atoms with Crippen LogP contribution in [0.15, 0.2) is 48.8 Å². The van der Waals surface area contributed by atoms with Crippen LogP contribution in [0.25, 0.3) is 0 Å². The molecule has 2 N–H and O–H groups in total. The lowest BCUT2D eigenvalue weighted by atomic mass is 10.3. The van der Waals surface area contributed by atoms with Gasteiger partial charge in [0.05, 0.1) is 0 Å². The first kappa shape index (κ1) is 14.8. The van der Waals surface area contributed by atoms with E-state index in [2.05, 4.69) is 15.7 Å². The molecule has 0 saturated heterocycles. The van der Waals surface area contributed by atoms with Gasteiger partial charge in [0.1, 0.15) is 6.04 Å². The summed E-state index contributed by atoms with van der Waals surface area (Å²) in [6.07, 6.45) is 3.58. The first-order valence-corrected chi connectivity index (χ1v) is 6.78. The number of carbonyl (C=O) groups is 2. The van der Waals surface area contributed by atoms with Crippen molar-refractivity contribution in [3.05, 3.63) is 48.8 Å². The standard InChI is InChI=1S/C15H18N4O2/c1-12(19-11-5-9-17-19)15(21)16-10-8-14(20)18-13-6-3-2-4-7-13/h2-7,9,11-12H,8,10H2,1H3,(H,16,21)(H,18,20)/t12-/m1/s1. The number of benzene rings is 1. The van der Waals surface area contributed by atoms with Crippen LogP contribution in [0, 0.1) is 0 Å². The Morgan fingerprint density at radius 3 is 2.67 bits per heavy atom. The van der Waals surface area contributed by atoms with Crippen molar-refractivity contribution in [1.82, 2.24) is 15.1 Å². The maximum absolute atomic E-state index is 11.9. The first-order chi connectivity index (χ1) is 10.2. The van der Waals surface area contributed by atoms with Crippen LogP contribution in [-0.4, -0.2) is 28.1 Å². The predicted molar refractivity (Wildman–Crippen MR) is 79.6 cm³/mol. The highest BCUT2D eigenvalue weighted by Crippen LogP contribution is 2.05. The fraction of sp³-hybridized carbons (Fsp3) is 0.267. The van der Waals surface area contributed by atoms with Gasteiger partial charge in [-0.2, -0.15) is 5.10 Å². The summed E-state index contributed by atoms with van der Waals surface area (Å²) < 4.78 is 1.57. The molecule has 21 heavy (non-hydrogen) atoms. The van der Waals surface area contributed by atoms with E-state index in [1.807, 2.05) is 30.3 Å². The Bertz CT molecular complexity index is 581. The normalized spacial score (nSPS) is 11.7. The Balaban J connectivity index is 1.71. The molecule has 0 aliphatic carbocycles. The largest absolute Gasteiger partial charge is 0.354 e. The molecule has 1 atom stereocenters. The monoisotopic (exact) mass is 286 g/mol. The Labute approximate surface area is 123 Å². The number of aromatic nitrogens is 2. The van der Waals surface area contributed by atoms with Crippen LogP contribution in [0.3, 0.4) is 0 Å². The van der Waals surface area contributed by atoms with E-state index in [-0.39, 0.29) is 18.2 Å². The van der Waals surface area contributed by atoms with Gasteiger partial charge in [-0.25, -0.2) is 0 Å². The molecule has 0 aliphatic rings. The second-order valence-electron chi connectivity index (χ2n) is 4.62. The summed E-state index contributed by atoms with van der Waals surface area (Å²) in [5.41, 5.74) is 0.749. The number of nitrogens with one attached hydrogen (secondary N) is 2. The van der Waals surface area contributed by atoms with Crippen LogP contribution in [0.4, 0.5) is 5.69 Å². The minimum absolute atomic E-state index is 0.131. The lowest BCUT2D eigenvalue weighted by Crippen LogP contribution is -2.33. The van der Waals surface area contributed by atoms with Gasteiger partial charge in [-0.1, -0.05) is 18.2 Å². The highest BCUT2D eigenvalue weighted by atomic mass is 16.2. The number of rotatable bonds is 6. The van der Waals surface area contributed by atoms with Gasteiger partial charge in [-0.3, -0.25) is 14.3 Å². The molecule has 110 valence electrons. The van der Waals surface area contributed by atoms with Crippen molar-refractivity contribution < 1.29 is 9.59 Å². The van der Waals surface area contributed by atoms with Gasteiger partial charge in [0.15, 0.2) is 0 Å². The molecule has 1 heterocycles. The van der Waals surface area contributed by atoms with Crippen molar-refractivity contribution >= 4 is 17.5 Å². The quantitative estimate of drug-likeness (QED) is 0.846. The number of amides is 2. The molecule has 0 aliphatic heterocycles. The third-order valence-electron chi connectivity index (χ3n) is 3.01. The van der Waals surface area contributed by atoms with Crippen molar-refractivity contribution in [2.24, 2.45) is 0 Å². The Hall–Kier alpha value is -2.63. The smallest absolute Gasteiger partial charge is 0.244 e. The van der Waals surface area contributed by atoms with Crippen molar-refractivity contribution in [2.75, 3.05) is 11.9 Å². The van der Waals surface area contributed by atoms with Gasteiger partial charge in [0, 0.05) is 31.0 Å². The lowest BCUT2D eigenvalue weighted by Gasteiger charge is -2.12. The molecular formula is C15H18N4O2. The maximum Gasteiger partial charge on any atom is 0.244 e. The summed E-state index contributed by atoms with van der Waals surface area (Å²) in [7, 11) is 0. The van der Waals surface area contributed by atoms with Crippen LogP contribution < -0.4 is 10.6 Å². The number of hydrogen-bond acceptors (Lipinski definition) is 3. The van der Waals surface area contributed by atoms with Crippen LogP contribution in [0.1, 0.15) is 19.4 Å². The molecule has 1 aromatic carbocycles. The molecular weight excluding hydrogens is 268 g/mol. The summed E-state index contributed by atoms with van der Waals surface area (Å²) in [5.74, 6) is -0.292. The van der Waals surface area contributed by atoms with Crippen molar-refractivity contribution in [3.8, 4) is 0 Å². The second-order valence-corrected chi connectivity index (χ2v) is 4.62. The van der Waals surface area contributed by atoms with Crippen LogP contribution in [0.5, 0.6) is 0 Å². The van der Waals surface area contributed by atoms with Crippen molar-refractivity contribution in [2.45, 2.75) is 19.4 Å². The SMILES string of the molecule is C[C@H](C(=O)NCCC(=O)Nc1ccccc1)n1cccn1. The average molecular weight is 286 g/mol. The van der Waals surface area contributed by atoms with E-state index in [1.165, 1.54) is 0 Å². The Morgan fingerprint density at radius 2 is 2.00 bits per heavy atom. The fourth-order valence-electron chi connectivity index (χ4n) is 1.82. The number of nitrogens with zero attached hydrogens (tertiary/aromatic N) is 2. The van der Waals surface area contributed by atoms with Crippen LogP contribution in [0.2, 0.25) is 0 Å². The van der Waals surface area contributed by atoms with E-state index in [4.69, 9.17) is 0 Å². The zero-order valence-corrected chi connectivity index (χ0v) is 11.8. The molecule has 0 unspecified atom stereocenters. The van der Waals surface area contributed by atoms with Gasteiger partial charge in [-0.15, -0.1) is 0 Å². The Morgan fingerprint density at radius 1 is 1.24 bits per heavy atom. The predicted octanol–water partition coefficient (Wildman–Crippen LogP) is 1.59. The third-order valence-corrected chi connectivity index (χ3v) is 3.01. The van der Waals surface area contributed by atoms with Gasteiger partial charge in [-0.05, 0) is 25.1 Å².